The Hall–Kier alpha value is -1.32. The van der Waals surface area contributed by atoms with E-state index in [0.717, 1.165) is 12.8 Å². The van der Waals surface area contributed by atoms with E-state index in [1.807, 2.05) is 6.92 Å². The highest BCUT2D eigenvalue weighted by Gasteiger charge is 2.05. The third-order valence-corrected chi connectivity index (χ3v) is 2.53. The zero-order valence-corrected chi connectivity index (χ0v) is 10.3. The molecule has 90 valence electrons. The highest BCUT2D eigenvalue weighted by Crippen LogP contribution is 1.99. The lowest BCUT2D eigenvalue weighted by Crippen LogP contribution is -2.39. The van der Waals surface area contributed by atoms with Crippen LogP contribution in [0.2, 0.25) is 0 Å². The van der Waals surface area contributed by atoms with Gasteiger partial charge in [0.05, 0.1) is 0 Å². The van der Waals surface area contributed by atoms with E-state index in [9.17, 15) is 9.59 Å². The smallest absolute Gasteiger partial charge is 0.300 e. The summed E-state index contributed by atoms with van der Waals surface area (Å²) in [5.74, 6) is 0.492. The van der Waals surface area contributed by atoms with Gasteiger partial charge < -0.3 is 4.57 Å². The van der Waals surface area contributed by atoms with Crippen LogP contribution in [0.15, 0.2) is 21.9 Å². The highest BCUT2D eigenvalue weighted by molar-refractivity contribution is 4.86. The maximum absolute atomic E-state index is 11.9. The third-order valence-electron chi connectivity index (χ3n) is 2.53. The fourth-order valence-electron chi connectivity index (χ4n) is 1.56. The van der Waals surface area contributed by atoms with Crippen LogP contribution in [-0.2, 0) is 13.1 Å². The second-order valence-corrected chi connectivity index (χ2v) is 4.46. The summed E-state index contributed by atoms with van der Waals surface area (Å²) in [6.07, 6.45) is 3.33. The molecule has 0 aliphatic heterocycles. The van der Waals surface area contributed by atoms with Gasteiger partial charge in [0.1, 0.15) is 0 Å². The average molecular weight is 224 g/mol. The van der Waals surface area contributed by atoms with Crippen molar-refractivity contribution in [2.45, 2.75) is 46.7 Å². The van der Waals surface area contributed by atoms with Crippen LogP contribution in [0, 0.1) is 5.92 Å². The topological polar surface area (TPSA) is 44.0 Å². The molecular formula is C12H20N2O2. The molecule has 1 heterocycles. The number of nitrogens with zero attached hydrogens (tertiary/aromatic N) is 2. The molecule has 0 atom stereocenters. The molecule has 1 aromatic heterocycles. The molecule has 0 radical (unpaired) electrons. The van der Waals surface area contributed by atoms with Crippen molar-refractivity contribution in [1.29, 1.82) is 0 Å². The summed E-state index contributed by atoms with van der Waals surface area (Å²) >= 11 is 0. The van der Waals surface area contributed by atoms with Crippen LogP contribution in [0.1, 0.15) is 33.6 Å². The molecule has 0 fully saturated rings. The molecule has 0 saturated carbocycles. The fraction of sp³-hybridized carbons (Fsp3) is 0.667. The van der Waals surface area contributed by atoms with E-state index in [4.69, 9.17) is 0 Å². The number of hydrogen-bond donors (Lipinski definition) is 0. The molecular weight excluding hydrogens is 204 g/mol. The van der Waals surface area contributed by atoms with Crippen LogP contribution >= 0.6 is 0 Å². The monoisotopic (exact) mass is 224 g/mol. The Kier molecular flexibility index (Phi) is 4.52. The van der Waals surface area contributed by atoms with Crippen molar-refractivity contribution in [3.8, 4) is 0 Å². The summed E-state index contributed by atoms with van der Waals surface area (Å²) < 4.78 is 2.93. The second-order valence-electron chi connectivity index (χ2n) is 4.46. The molecule has 0 aromatic carbocycles. The van der Waals surface area contributed by atoms with Gasteiger partial charge in [0.25, 0.3) is 5.56 Å². The zero-order valence-electron chi connectivity index (χ0n) is 10.3. The molecule has 0 amide bonds. The minimum atomic E-state index is -0.196. The van der Waals surface area contributed by atoms with Crippen LogP contribution < -0.4 is 11.2 Å². The van der Waals surface area contributed by atoms with Gasteiger partial charge in [-0.2, -0.15) is 0 Å². The minimum Gasteiger partial charge on any atom is -0.300 e. The molecule has 16 heavy (non-hydrogen) atoms. The van der Waals surface area contributed by atoms with Crippen molar-refractivity contribution in [2.75, 3.05) is 0 Å². The van der Waals surface area contributed by atoms with Crippen LogP contribution in [-0.4, -0.2) is 9.13 Å². The first-order valence-electron chi connectivity index (χ1n) is 5.86. The Morgan fingerprint density at radius 2 is 1.94 bits per heavy atom. The van der Waals surface area contributed by atoms with Crippen molar-refractivity contribution in [2.24, 2.45) is 5.92 Å². The Labute approximate surface area is 95.5 Å². The summed E-state index contributed by atoms with van der Waals surface area (Å²) in [5.41, 5.74) is -0.381. The molecule has 0 unspecified atom stereocenters. The van der Waals surface area contributed by atoms with Crippen molar-refractivity contribution >= 4 is 0 Å². The second kappa shape index (κ2) is 5.68. The molecule has 1 rings (SSSR count). The van der Waals surface area contributed by atoms with Gasteiger partial charge in [-0.1, -0.05) is 20.8 Å². The number of aryl methyl sites for hydroxylation is 1. The highest BCUT2D eigenvalue weighted by atomic mass is 16.2. The predicted octanol–water partition coefficient (Wildman–Crippen LogP) is 1.47. The third kappa shape index (κ3) is 3.08. The van der Waals surface area contributed by atoms with Gasteiger partial charge >= 0.3 is 5.69 Å². The molecule has 4 nitrogen and oxygen atoms in total. The summed E-state index contributed by atoms with van der Waals surface area (Å²) in [6, 6.07) is 1.47. The first-order valence-corrected chi connectivity index (χ1v) is 5.86. The van der Waals surface area contributed by atoms with Crippen molar-refractivity contribution in [3.63, 3.8) is 0 Å². The van der Waals surface area contributed by atoms with Gasteiger partial charge in [-0.25, -0.2) is 4.79 Å². The van der Waals surface area contributed by atoms with Gasteiger partial charge in [0.2, 0.25) is 0 Å². The fourth-order valence-corrected chi connectivity index (χ4v) is 1.56. The molecule has 0 aliphatic carbocycles. The van der Waals surface area contributed by atoms with Crippen LogP contribution in [0.25, 0.3) is 0 Å². The quantitative estimate of drug-likeness (QED) is 0.760. The first-order chi connectivity index (χ1) is 7.56. The Morgan fingerprint density at radius 1 is 1.25 bits per heavy atom. The van der Waals surface area contributed by atoms with E-state index < -0.39 is 0 Å². The molecule has 0 aliphatic rings. The lowest BCUT2D eigenvalue weighted by atomic mass is 10.1. The SMILES string of the molecule is CCCn1ccc(=O)n(CCC(C)C)c1=O. The van der Waals surface area contributed by atoms with Gasteiger partial charge in [-0.3, -0.25) is 9.36 Å². The van der Waals surface area contributed by atoms with Crippen LogP contribution in [0.3, 0.4) is 0 Å². The summed E-state index contributed by atoms with van der Waals surface area (Å²) in [6.45, 7) is 7.35. The number of hydrogen-bond acceptors (Lipinski definition) is 2. The van der Waals surface area contributed by atoms with Gasteiger partial charge in [-0.05, 0) is 18.8 Å². The normalized spacial score (nSPS) is 11.0. The average Bonchev–Trinajstić information content (AvgIpc) is 2.22. The Bertz CT molecular complexity index is 443. The molecule has 0 spiro atoms. The molecule has 4 heteroatoms. The van der Waals surface area contributed by atoms with Crippen LogP contribution in [0.5, 0.6) is 0 Å². The molecule has 0 bridgehead atoms. The summed E-state index contributed by atoms with van der Waals surface area (Å²) in [7, 11) is 0. The zero-order chi connectivity index (χ0) is 12.1. The molecule has 0 N–H and O–H groups in total. The molecule has 0 saturated heterocycles. The van der Waals surface area contributed by atoms with E-state index in [0.29, 0.717) is 19.0 Å². The van der Waals surface area contributed by atoms with E-state index in [-0.39, 0.29) is 11.2 Å². The predicted molar refractivity (Wildman–Crippen MR) is 64.7 cm³/mol. The lowest BCUT2D eigenvalue weighted by Gasteiger charge is -2.10. The first kappa shape index (κ1) is 12.7. The van der Waals surface area contributed by atoms with Gasteiger partial charge in [-0.15, -0.1) is 0 Å². The largest absolute Gasteiger partial charge is 0.330 e. The van der Waals surface area contributed by atoms with Crippen molar-refractivity contribution < 1.29 is 0 Å². The lowest BCUT2D eigenvalue weighted by molar-refractivity contribution is 0.473. The summed E-state index contributed by atoms with van der Waals surface area (Å²) in [5, 5.41) is 0. The molecule has 1 aromatic rings. The van der Waals surface area contributed by atoms with Gasteiger partial charge in [0.15, 0.2) is 0 Å². The van der Waals surface area contributed by atoms with Gasteiger partial charge in [0, 0.05) is 25.4 Å². The van der Waals surface area contributed by atoms with E-state index >= 15 is 0 Å². The maximum atomic E-state index is 11.9. The maximum Gasteiger partial charge on any atom is 0.330 e. The number of rotatable bonds is 5. The van der Waals surface area contributed by atoms with E-state index in [2.05, 4.69) is 13.8 Å². The standard InChI is InChI=1S/C12H20N2O2/c1-4-7-13-8-6-11(15)14(12(13)16)9-5-10(2)3/h6,8,10H,4-5,7,9H2,1-3H3. The van der Waals surface area contributed by atoms with Crippen LogP contribution in [0.4, 0.5) is 0 Å². The van der Waals surface area contributed by atoms with E-state index in [1.54, 1.807) is 10.8 Å². The minimum absolute atomic E-state index is 0.185. The Balaban J connectivity index is 3.02. The number of aromatic nitrogens is 2. The van der Waals surface area contributed by atoms with Crippen molar-refractivity contribution in [3.05, 3.63) is 33.1 Å². The van der Waals surface area contributed by atoms with Crippen molar-refractivity contribution in [1.82, 2.24) is 9.13 Å². The summed E-state index contributed by atoms with van der Waals surface area (Å²) in [4.78, 5) is 23.5. The van der Waals surface area contributed by atoms with E-state index in [1.165, 1.54) is 10.6 Å². The Morgan fingerprint density at radius 3 is 2.50 bits per heavy atom.